The summed E-state index contributed by atoms with van der Waals surface area (Å²) in [5.41, 5.74) is 7.47. The summed E-state index contributed by atoms with van der Waals surface area (Å²) in [5.74, 6) is 1.93. The third-order valence-electron chi connectivity index (χ3n) is 1.38. The first kappa shape index (κ1) is 15.6. The van der Waals surface area contributed by atoms with Gasteiger partial charge in [-0.1, -0.05) is 0 Å². The molecule has 0 saturated carbocycles. The predicted molar refractivity (Wildman–Crippen MR) is 64.2 cm³/mol. The predicted octanol–water partition coefficient (Wildman–Crippen LogP) is 1.40. The third kappa shape index (κ3) is 5.41. The van der Waals surface area contributed by atoms with E-state index in [0.717, 1.165) is 29.4 Å². The van der Waals surface area contributed by atoms with Crippen molar-refractivity contribution in [1.29, 1.82) is 0 Å². The Kier molecular flexibility index (Phi) is 10.4. The summed E-state index contributed by atoms with van der Waals surface area (Å²) in [6.45, 7) is 2.71. The van der Waals surface area contributed by atoms with E-state index in [0.29, 0.717) is 0 Å². The van der Waals surface area contributed by atoms with Crippen molar-refractivity contribution in [2.24, 2.45) is 10.7 Å². The highest BCUT2D eigenvalue weighted by molar-refractivity contribution is 7.99. The number of nitrogens with two attached hydrogens (primary N) is 1. The Hall–Kier alpha value is 0.1000. The minimum atomic E-state index is 0. The first-order valence-electron chi connectivity index (χ1n) is 3.55. The first-order valence-corrected chi connectivity index (χ1v) is 4.71. The summed E-state index contributed by atoms with van der Waals surface area (Å²) < 4.78 is 0. The fourth-order valence-corrected chi connectivity index (χ4v) is 1.53. The number of hydrogen-bond donors (Lipinski definition) is 1. The van der Waals surface area contributed by atoms with Gasteiger partial charge in [-0.2, -0.15) is 11.8 Å². The van der Waals surface area contributed by atoms with E-state index in [1.807, 2.05) is 6.92 Å². The van der Waals surface area contributed by atoms with E-state index in [2.05, 4.69) is 10.3 Å². The Morgan fingerprint density at radius 3 is 2.62 bits per heavy atom. The van der Waals surface area contributed by atoms with Crippen LogP contribution < -0.4 is 11.1 Å². The van der Waals surface area contributed by atoms with Gasteiger partial charge in [0.25, 0.3) is 0 Å². The Bertz CT molecular complexity index is 194. The Balaban J connectivity index is 0. The van der Waals surface area contributed by atoms with Crippen LogP contribution in [0.4, 0.5) is 0 Å². The molecular weight excluding hydrogens is 229 g/mol. The molecule has 77 valence electrons. The summed E-state index contributed by atoms with van der Waals surface area (Å²) in [6.07, 6.45) is 1.60. The molecule has 1 aliphatic heterocycles. The topological polar surface area (TPSA) is 52.5 Å². The van der Waals surface area contributed by atoms with Crippen LogP contribution in [0.3, 0.4) is 0 Å². The number of rotatable bonds is 4. The lowest BCUT2D eigenvalue weighted by molar-refractivity contribution is 1.11. The molecule has 2 N–H and O–H groups in total. The molecule has 0 atom stereocenters. The Labute approximate surface area is 95.4 Å². The zero-order chi connectivity index (χ0) is 8.10. The van der Waals surface area contributed by atoms with Crippen molar-refractivity contribution >= 4 is 42.9 Å². The van der Waals surface area contributed by atoms with Crippen molar-refractivity contribution < 1.29 is 0 Å². The van der Waals surface area contributed by atoms with Gasteiger partial charge in [0.1, 0.15) is 6.34 Å². The van der Waals surface area contributed by atoms with E-state index in [1.54, 1.807) is 18.1 Å². The molecule has 0 aromatic rings. The number of nitrogens with zero attached hydrogens (tertiary/aromatic N) is 2. The maximum atomic E-state index is 5.35. The zero-order valence-electron chi connectivity index (χ0n) is 7.40. The van der Waals surface area contributed by atoms with Gasteiger partial charge in [-0.15, -0.1) is 24.8 Å². The lowest BCUT2D eigenvalue weighted by atomic mass is 10.4. The molecule has 0 spiro atoms. The van der Waals surface area contributed by atoms with Gasteiger partial charge in [-0.05, 0) is 6.92 Å². The van der Waals surface area contributed by atoms with Crippen LogP contribution in [-0.2, 0) is 0 Å². The van der Waals surface area contributed by atoms with Crippen molar-refractivity contribution in [2.75, 3.05) is 18.1 Å². The van der Waals surface area contributed by atoms with E-state index in [1.165, 1.54) is 0 Å². The molecule has 1 rings (SSSR count). The van der Waals surface area contributed by atoms with Crippen LogP contribution >= 0.6 is 36.6 Å². The maximum absolute atomic E-state index is 5.35. The SMILES string of the molecule is CC1=C(CSCCN)[N]C=N1.Cl.Cl. The van der Waals surface area contributed by atoms with E-state index < -0.39 is 0 Å². The molecule has 0 aromatic heterocycles. The first-order chi connectivity index (χ1) is 5.34. The van der Waals surface area contributed by atoms with Crippen LogP contribution in [0.2, 0.25) is 0 Å². The van der Waals surface area contributed by atoms with Gasteiger partial charge in [0.15, 0.2) is 0 Å². The van der Waals surface area contributed by atoms with Crippen LogP contribution in [-0.4, -0.2) is 24.4 Å². The lowest BCUT2D eigenvalue weighted by Gasteiger charge is -1.99. The van der Waals surface area contributed by atoms with Crippen LogP contribution in [0.25, 0.3) is 0 Å². The van der Waals surface area contributed by atoms with E-state index in [-0.39, 0.29) is 24.8 Å². The number of allylic oxidation sites excluding steroid dienone is 1. The minimum Gasteiger partial charge on any atom is -0.330 e. The molecule has 0 fully saturated rings. The van der Waals surface area contributed by atoms with Gasteiger partial charge in [-0.3, -0.25) is 0 Å². The standard InChI is InChI=1S/C7H12N3S.2ClH/c1-6-7(10-5-9-6)4-11-3-2-8;;/h5H,2-4,8H2,1H3;2*1H. The molecule has 1 aliphatic rings. The van der Waals surface area contributed by atoms with Crippen molar-refractivity contribution in [3.63, 3.8) is 0 Å². The zero-order valence-corrected chi connectivity index (χ0v) is 9.84. The molecule has 0 unspecified atom stereocenters. The molecule has 0 saturated heterocycles. The molecule has 6 heteroatoms. The Morgan fingerprint density at radius 2 is 2.15 bits per heavy atom. The fraction of sp³-hybridized carbons (Fsp3) is 0.571. The smallest absolute Gasteiger partial charge is 0.116 e. The highest BCUT2D eigenvalue weighted by Gasteiger charge is 2.06. The third-order valence-corrected chi connectivity index (χ3v) is 2.39. The van der Waals surface area contributed by atoms with Crippen molar-refractivity contribution in [3.8, 4) is 0 Å². The largest absolute Gasteiger partial charge is 0.330 e. The molecule has 0 amide bonds. The second-order valence-corrected chi connectivity index (χ2v) is 3.35. The molecule has 3 nitrogen and oxygen atoms in total. The van der Waals surface area contributed by atoms with Crippen LogP contribution in [0.5, 0.6) is 0 Å². The van der Waals surface area contributed by atoms with Crippen LogP contribution in [0.1, 0.15) is 6.92 Å². The molecule has 13 heavy (non-hydrogen) atoms. The highest BCUT2D eigenvalue weighted by Crippen LogP contribution is 2.13. The average Bonchev–Trinajstić information content (AvgIpc) is 2.37. The van der Waals surface area contributed by atoms with Gasteiger partial charge < -0.3 is 5.73 Å². The van der Waals surface area contributed by atoms with E-state index >= 15 is 0 Å². The molecule has 0 aliphatic carbocycles. The minimum absolute atomic E-state index is 0. The number of hydrogen-bond acceptors (Lipinski definition) is 3. The van der Waals surface area contributed by atoms with Crippen LogP contribution in [0, 0.1) is 0 Å². The summed E-state index contributed by atoms with van der Waals surface area (Å²) in [5, 5.41) is 4.11. The van der Waals surface area contributed by atoms with Gasteiger partial charge in [0.2, 0.25) is 0 Å². The second kappa shape index (κ2) is 8.69. The fourth-order valence-electron chi connectivity index (χ4n) is 0.747. The normalized spacial score (nSPS) is 13.4. The van der Waals surface area contributed by atoms with Gasteiger partial charge in [0, 0.05) is 18.1 Å². The van der Waals surface area contributed by atoms with Gasteiger partial charge in [0.05, 0.1) is 11.4 Å². The summed E-state index contributed by atoms with van der Waals surface area (Å²) in [4.78, 5) is 4.04. The van der Waals surface area contributed by atoms with E-state index in [9.17, 15) is 0 Å². The summed E-state index contributed by atoms with van der Waals surface area (Å²) in [6, 6.07) is 0. The van der Waals surface area contributed by atoms with Crippen molar-refractivity contribution in [1.82, 2.24) is 5.32 Å². The summed E-state index contributed by atoms with van der Waals surface area (Å²) in [7, 11) is 0. The number of thioether (sulfide) groups is 1. The van der Waals surface area contributed by atoms with Crippen molar-refractivity contribution in [2.45, 2.75) is 6.92 Å². The monoisotopic (exact) mass is 242 g/mol. The van der Waals surface area contributed by atoms with Gasteiger partial charge >= 0.3 is 0 Å². The molecule has 0 aromatic carbocycles. The molecule has 0 bridgehead atoms. The molecule has 1 radical (unpaired) electrons. The van der Waals surface area contributed by atoms with E-state index in [4.69, 9.17) is 5.73 Å². The van der Waals surface area contributed by atoms with Crippen molar-refractivity contribution in [3.05, 3.63) is 11.4 Å². The lowest BCUT2D eigenvalue weighted by Crippen LogP contribution is -2.05. The van der Waals surface area contributed by atoms with Gasteiger partial charge in [-0.25, -0.2) is 10.3 Å². The second-order valence-electron chi connectivity index (χ2n) is 2.25. The van der Waals surface area contributed by atoms with Crippen LogP contribution in [0.15, 0.2) is 16.4 Å². The Morgan fingerprint density at radius 1 is 1.46 bits per heavy atom. The molecule has 1 heterocycles. The summed E-state index contributed by atoms with van der Waals surface area (Å²) >= 11 is 1.80. The highest BCUT2D eigenvalue weighted by atomic mass is 35.5. The maximum Gasteiger partial charge on any atom is 0.116 e. The molecular formula is C7H14Cl2N3S. The average molecular weight is 243 g/mol. The number of aliphatic imine (C=N–C) groups is 1. The number of halogens is 2. The quantitative estimate of drug-likeness (QED) is 0.759.